The number of aromatic nitrogens is 3. The lowest BCUT2D eigenvalue weighted by Gasteiger charge is -2.19. The van der Waals surface area contributed by atoms with E-state index in [0.29, 0.717) is 53.3 Å². The van der Waals surface area contributed by atoms with Gasteiger partial charge in [0.15, 0.2) is 11.6 Å². The number of halogens is 1. The average molecular weight is 393 g/mol. The zero-order chi connectivity index (χ0) is 20.5. The van der Waals surface area contributed by atoms with Gasteiger partial charge in [-0.2, -0.15) is 10.4 Å². The quantitative estimate of drug-likeness (QED) is 0.627. The molecule has 0 saturated carbocycles. The summed E-state index contributed by atoms with van der Waals surface area (Å²) in [6, 6.07) is 8.31. The molecule has 1 atom stereocenters. The van der Waals surface area contributed by atoms with Gasteiger partial charge in [-0.25, -0.2) is 9.37 Å². The molecular weight excluding hydrogens is 373 g/mol. The SMILES string of the molecule is C[C@H]1Oc2cc(cnc2N)-c2c(nn(C)c2C#N)CCCOc2ccc(F)cc21. The van der Waals surface area contributed by atoms with Crippen LogP contribution < -0.4 is 15.2 Å². The summed E-state index contributed by atoms with van der Waals surface area (Å²) in [7, 11) is 1.74. The molecule has 8 heteroatoms. The molecule has 29 heavy (non-hydrogen) atoms. The van der Waals surface area contributed by atoms with Gasteiger partial charge >= 0.3 is 0 Å². The number of nitrogens with two attached hydrogens (primary N) is 1. The van der Waals surface area contributed by atoms with Crippen molar-refractivity contribution in [1.29, 1.82) is 5.26 Å². The number of fused-ring (bicyclic) bond motifs is 5. The standard InChI is InChI=1S/C21H20FN5O2/c1-12-15-9-14(22)5-6-18(15)28-7-3-4-16-20(17(10-23)27(2)26-16)13-8-19(29-12)21(24)25-11-13/h5-6,8-9,11-12H,3-4,7H2,1-2H3,(H2,24,25)/t12-/m1/s1. The maximum atomic E-state index is 13.9. The van der Waals surface area contributed by atoms with Gasteiger partial charge in [0.05, 0.1) is 12.3 Å². The molecule has 0 spiro atoms. The number of nitrogens with zero attached hydrogens (tertiary/aromatic N) is 4. The molecule has 2 aromatic heterocycles. The molecule has 2 bridgehead atoms. The van der Waals surface area contributed by atoms with E-state index in [1.165, 1.54) is 12.1 Å². The number of hydrogen-bond donors (Lipinski definition) is 1. The highest BCUT2D eigenvalue weighted by molar-refractivity contribution is 5.73. The molecule has 0 unspecified atom stereocenters. The average Bonchev–Trinajstić information content (AvgIpc) is 3.02. The highest BCUT2D eigenvalue weighted by atomic mass is 19.1. The first kappa shape index (κ1) is 18.7. The van der Waals surface area contributed by atoms with Gasteiger partial charge in [-0.1, -0.05) is 0 Å². The maximum absolute atomic E-state index is 13.9. The lowest BCUT2D eigenvalue weighted by molar-refractivity contribution is 0.216. The summed E-state index contributed by atoms with van der Waals surface area (Å²) in [5.74, 6) is 0.740. The first-order chi connectivity index (χ1) is 14.0. The first-order valence-electron chi connectivity index (χ1n) is 9.28. The molecule has 4 rings (SSSR count). The maximum Gasteiger partial charge on any atom is 0.166 e. The Labute approximate surface area is 167 Å². The number of nitrogen functional groups attached to an aromatic ring is 1. The molecule has 7 nitrogen and oxygen atoms in total. The number of anilines is 1. The molecular formula is C21H20FN5O2. The van der Waals surface area contributed by atoms with E-state index in [1.54, 1.807) is 37.0 Å². The normalized spacial score (nSPS) is 16.0. The van der Waals surface area contributed by atoms with Crippen molar-refractivity contribution in [2.45, 2.75) is 25.9 Å². The van der Waals surface area contributed by atoms with Gasteiger partial charge in [-0.3, -0.25) is 4.68 Å². The highest BCUT2D eigenvalue weighted by Gasteiger charge is 2.22. The van der Waals surface area contributed by atoms with Crippen molar-refractivity contribution >= 4 is 5.82 Å². The van der Waals surface area contributed by atoms with Crippen LogP contribution in [0.1, 0.15) is 36.4 Å². The summed E-state index contributed by atoms with van der Waals surface area (Å²) in [5.41, 5.74) is 9.23. The second-order valence-electron chi connectivity index (χ2n) is 6.91. The third-order valence-corrected chi connectivity index (χ3v) is 4.93. The fraction of sp³-hybridized carbons (Fsp3) is 0.286. The van der Waals surface area contributed by atoms with Crippen LogP contribution in [0, 0.1) is 17.1 Å². The second-order valence-corrected chi connectivity index (χ2v) is 6.91. The summed E-state index contributed by atoms with van der Waals surface area (Å²) in [5, 5.41) is 14.1. The molecule has 1 aromatic carbocycles. The third kappa shape index (κ3) is 3.47. The van der Waals surface area contributed by atoms with Gasteiger partial charge in [-0.15, -0.1) is 0 Å². The Morgan fingerprint density at radius 1 is 1.31 bits per heavy atom. The molecule has 1 aliphatic rings. The van der Waals surface area contributed by atoms with E-state index in [4.69, 9.17) is 15.2 Å². The Morgan fingerprint density at radius 3 is 2.93 bits per heavy atom. The minimum atomic E-state index is -0.524. The summed E-state index contributed by atoms with van der Waals surface area (Å²) < 4.78 is 27.4. The molecule has 0 aliphatic carbocycles. The smallest absolute Gasteiger partial charge is 0.166 e. The zero-order valence-corrected chi connectivity index (χ0v) is 16.1. The van der Waals surface area contributed by atoms with Crippen LogP contribution in [0.3, 0.4) is 0 Å². The predicted molar refractivity (Wildman–Crippen MR) is 105 cm³/mol. The summed E-state index contributed by atoms with van der Waals surface area (Å²) >= 11 is 0. The van der Waals surface area contributed by atoms with Crippen LogP contribution in [-0.4, -0.2) is 21.4 Å². The monoisotopic (exact) mass is 393 g/mol. The summed E-state index contributed by atoms with van der Waals surface area (Å²) in [6.07, 6.45) is 2.37. The van der Waals surface area contributed by atoms with Gasteiger partial charge < -0.3 is 15.2 Å². The van der Waals surface area contributed by atoms with Crippen molar-refractivity contribution in [2.75, 3.05) is 12.3 Å². The van der Waals surface area contributed by atoms with Crippen LogP contribution in [0.4, 0.5) is 10.2 Å². The topological polar surface area (TPSA) is 99.0 Å². The number of benzene rings is 1. The Morgan fingerprint density at radius 2 is 2.14 bits per heavy atom. The number of aryl methyl sites for hydroxylation is 2. The Bertz CT molecular complexity index is 1120. The van der Waals surface area contributed by atoms with Gasteiger partial charge in [0.1, 0.15) is 29.4 Å². The Kier molecular flexibility index (Phi) is 4.80. The first-order valence-corrected chi connectivity index (χ1v) is 9.28. The largest absolute Gasteiger partial charge is 0.493 e. The van der Waals surface area contributed by atoms with Crippen molar-refractivity contribution < 1.29 is 13.9 Å². The Hall–Kier alpha value is -3.60. The number of hydrogen-bond acceptors (Lipinski definition) is 6. The molecule has 0 radical (unpaired) electrons. The number of rotatable bonds is 0. The number of nitriles is 1. The molecule has 3 heterocycles. The lowest BCUT2D eigenvalue weighted by Crippen LogP contribution is -2.09. The zero-order valence-electron chi connectivity index (χ0n) is 16.1. The van der Waals surface area contributed by atoms with Gasteiger partial charge in [0.2, 0.25) is 0 Å². The fourth-order valence-electron chi connectivity index (χ4n) is 3.52. The molecule has 1 aliphatic heterocycles. The molecule has 3 aromatic rings. The molecule has 148 valence electrons. The van der Waals surface area contributed by atoms with Gasteiger partial charge in [0, 0.05) is 29.9 Å². The van der Waals surface area contributed by atoms with Crippen molar-refractivity contribution in [3.05, 3.63) is 53.2 Å². The minimum absolute atomic E-state index is 0.207. The Balaban J connectivity index is 1.86. The van der Waals surface area contributed by atoms with Crippen LogP contribution in [0.2, 0.25) is 0 Å². The van der Waals surface area contributed by atoms with E-state index in [0.717, 1.165) is 5.69 Å². The number of pyridine rings is 1. The van der Waals surface area contributed by atoms with Crippen LogP contribution in [-0.2, 0) is 13.5 Å². The van der Waals surface area contributed by atoms with E-state index in [-0.39, 0.29) is 11.6 Å². The molecule has 0 saturated heterocycles. The van der Waals surface area contributed by atoms with Crippen LogP contribution in [0.25, 0.3) is 11.1 Å². The van der Waals surface area contributed by atoms with Gasteiger partial charge in [-0.05, 0) is 44.0 Å². The van der Waals surface area contributed by atoms with Crippen LogP contribution in [0.5, 0.6) is 11.5 Å². The molecule has 0 fully saturated rings. The van der Waals surface area contributed by atoms with Crippen molar-refractivity contribution in [3.63, 3.8) is 0 Å². The van der Waals surface area contributed by atoms with Crippen LogP contribution in [0.15, 0.2) is 30.5 Å². The summed E-state index contributed by atoms with van der Waals surface area (Å²) in [6.45, 7) is 2.21. The lowest BCUT2D eigenvalue weighted by atomic mass is 10.0. The van der Waals surface area contributed by atoms with Gasteiger partial charge in [0.25, 0.3) is 0 Å². The van der Waals surface area contributed by atoms with E-state index in [9.17, 15) is 9.65 Å². The summed E-state index contributed by atoms with van der Waals surface area (Å²) in [4.78, 5) is 4.24. The highest BCUT2D eigenvalue weighted by Crippen LogP contribution is 2.36. The van der Waals surface area contributed by atoms with E-state index < -0.39 is 6.10 Å². The predicted octanol–water partition coefficient (Wildman–Crippen LogP) is 3.54. The van der Waals surface area contributed by atoms with Crippen molar-refractivity contribution in [1.82, 2.24) is 14.8 Å². The van der Waals surface area contributed by atoms with Crippen LogP contribution >= 0.6 is 0 Å². The minimum Gasteiger partial charge on any atom is -0.493 e. The van der Waals surface area contributed by atoms with Crippen molar-refractivity contribution in [3.8, 4) is 28.7 Å². The number of ether oxygens (including phenoxy) is 2. The fourth-order valence-corrected chi connectivity index (χ4v) is 3.52. The second kappa shape index (κ2) is 7.43. The van der Waals surface area contributed by atoms with E-state index in [2.05, 4.69) is 16.2 Å². The van der Waals surface area contributed by atoms with E-state index >= 15 is 0 Å². The van der Waals surface area contributed by atoms with Crippen molar-refractivity contribution in [2.24, 2.45) is 7.05 Å². The molecule has 0 amide bonds. The van der Waals surface area contributed by atoms with E-state index in [1.807, 2.05) is 0 Å². The third-order valence-electron chi connectivity index (χ3n) is 4.93. The molecule has 2 N–H and O–H groups in total.